The second-order valence-electron chi connectivity index (χ2n) is 5.13. The van der Waals surface area contributed by atoms with Crippen LogP contribution < -0.4 is 5.32 Å². The molecule has 0 bridgehead atoms. The van der Waals surface area contributed by atoms with E-state index >= 15 is 0 Å². The molecule has 2 rings (SSSR count). The Labute approximate surface area is 106 Å². The highest BCUT2D eigenvalue weighted by molar-refractivity contribution is 5.18. The lowest BCUT2D eigenvalue weighted by atomic mass is 9.82. The normalized spacial score (nSPS) is 18.8. The zero-order valence-electron chi connectivity index (χ0n) is 10.4. The molecule has 0 aliphatic heterocycles. The first-order chi connectivity index (χ1) is 8.63. The van der Waals surface area contributed by atoms with E-state index in [2.05, 4.69) is 5.32 Å². The Hall–Kier alpha value is -1.00. The summed E-state index contributed by atoms with van der Waals surface area (Å²) in [6.07, 6.45) is 5.21. The molecule has 1 aliphatic rings. The summed E-state index contributed by atoms with van der Waals surface area (Å²) >= 11 is 0. The monoisotopic (exact) mass is 255 g/mol. The summed E-state index contributed by atoms with van der Waals surface area (Å²) in [5.74, 6) is -1.12. The third-order valence-electron chi connectivity index (χ3n) is 3.70. The van der Waals surface area contributed by atoms with Crippen molar-refractivity contribution in [2.45, 2.75) is 44.2 Å². The van der Waals surface area contributed by atoms with Crippen LogP contribution in [-0.2, 0) is 6.54 Å². The minimum absolute atomic E-state index is 0.0742. The van der Waals surface area contributed by atoms with Crippen LogP contribution in [0.5, 0.6) is 0 Å². The van der Waals surface area contributed by atoms with Crippen molar-refractivity contribution in [3.05, 3.63) is 35.4 Å². The first-order valence-electron chi connectivity index (χ1n) is 6.44. The summed E-state index contributed by atoms with van der Waals surface area (Å²) in [7, 11) is 0. The molecule has 18 heavy (non-hydrogen) atoms. The van der Waals surface area contributed by atoms with Crippen molar-refractivity contribution in [1.29, 1.82) is 0 Å². The maximum atomic E-state index is 13.1. The Morgan fingerprint density at radius 3 is 2.22 bits per heavy atom. The van der Waals surface area contributed by atoms with E-state index in [1.807, 2.05) is 0 Å². The van der Waals surface area contributed by atoms with E-state index in [1.165, 1.54) is 18.6 Å². The van der Waals surface area contributed by atoms with Crippen molar-refractivity contribution < 1.29 is 13.9 Å². The van der Waals surface area contributed by atoms with Gasteiger partial charge in [0.25, 0.3) is 0 Å². The van der Waals surface area contributed by atoms with Gasteiger partial charge in [0.15, 0.2) is 0 Å². The van der Waals surface area contributed by atoms with Gasteiger partial charge in [0.2, 0.25) is 0 Å². The van der Waals surface area contributed by atoms with Crippen LogP contribution in [0.4, 0.5) is 8.78 Å². The molecule has 1 saturated carbocycles. The number of benzene rings is 1. The van der Waals surface area contributed by atoms with Gasteiger partial charge in [-0.1, -0.05) is 19.3 Å². The average Bonchev–Trinajstić information content (AvgIpc) is 2.36. The first-order valence-corrected chi connectivity index (χ1v) is 6.44. The van der Waals surface area contributed by atoms with Crippen molar-refractivity contribution in [2.24, 2.45) is 0 Å². The molecule has 2 N–H and O–H groups in total. The predicted octanol–water partition coefficient (Wildman–Crippen LogP) is 2.75. The van der Waals surface area contributed by atoms with Crippen LogP contribution in [0.3, 0.4) is 0 Å². The molecule has 100 valence electrons. The lowest BCUT2D eigenvalue weighted by Crippen LogP contribution is -2.49. The lowest BCUT2D eigenvalue weighted by Gasteiger charge is -2.36. The van der Waals surface area contributed by atoms with Crippen molar-refractivity contribution in [1.82, 2.24) is 5.32 Å². The Balaban J connectivity index is 2.00. The van der Waals surface area contributed by atoms with Gasteiger partial charge >= 0.3 is 0 Å². The maximum Gasteiger partial charge on any atom is 0.126 e. The number of rotatable bonds is 4. The second-order valence-corrected chi connectivity index (χ2v) is 5.13. The van der Waals surface area contributed by atoms with E-state index in [0.29, 0.717) is 12.1 Å². The van der Waals surface area contributed by atoms with E-state index in [1.54, 1.807) is 0 Å². The largest absolute Gasteiger partial charge is 0.394 e. The minimum Gasteiger partial charge on any atom is -0.394 e. The van der Waals surface area contributed by atoms with Gasteiger partial charge in [0.1, 0.15) is 11.6 Å². The average molecular weight is 255 g/mol. The summed E-state index contributed by atoms with van der Waals surface area (Å²) in [4.78, 5) is 0. The molecule has 0 heterocycles. The van der Waals surface area contributed by atoms with E-state index in [9.17, 15) is 13.9 Å². The molecule has 0 radical (unpaired) electrons. The van der Waals surface area contributed by atoms with Crippen molar-refractivity contribution in [2.75, 3.05) is 6.61 Å². The lowest BCUT2D eigenvalue weighted by molar-refractivity contribution is 0.119. The highest BCUT2D eigenvalue weighted by Gasteiger charge is 2.30. The highest BCUT2D eigenvalue weighted by Crippen LogP contribution is 2.28. The van der Waals surface area contributed by atoms with Crippen LogP contribution in [0.2, 0.25) is 0 Å². The zero-order valence-corrected chi connectivity index (χ0v) is 10.4. The third-order valence-corrected chi connectivity index (χ3v) is 3.70. The van der Waals surface area contributed by atoms with Crippen molar-refractivity contribution >= 4 is 0 Å². The SMILES string of the molecule is OCC1(NCc2cc(F)cc(F)c2)CCCCC1. The number of hydrogen-bond donors (Lipinski definition) is 2. The summed E-state index contributed by atoms with van der Waals surface area (Å²) in [6.45, 7) is 0.458. The molecule has 0 unspecified atom stereocenters. The van der Waals surface area contributed by atoms with Crippen LogP contribution in [0.25, 0.3) is 0 Å². The van der Waals surface area contributed by atoms with Crippen molar-refractivity contribution in [3.63, 3.8) is 0 Å². The van der Waals surface area contributed by atoms with Gasteiger partial charge in [-0.15, -0.1) is 0 Å². The molecule has 0 amide bonds. The number of nitrogens with one attached hydrogen (secondary N) is 1. The van der Waals surface area contributed by atoms with Gasteiger partial charge in [-0.25, -0.2) is 8.78 Å². The smallest absolute Gasteiger partial charge is 0.126 e. The molecular formula is C14H19F2NO. The fourth-order valence-electron chi connectivity index (χ4n) is 2.62. The quantitative estimate of drug-likeness (QED) is 0.867. The molecule has 0 saturated heterocycles. The fraction of sp³-hybridized carbons (Fsp3) is 0.571. The van der Waals surface area contributed by atoms with Crippen LogP contribution >= 0.6 is 0 Å². The van der Waals surface area contributed by atoms with Gasteiger partial charge in [-0.05, 0) is 30.5 Å². The van der Waals surface area contributed by atoms with Crippen LogP contribution in [0, 0.1) is 11.6 Å². The number of aliphatic hydroxyl groups is 1. The third kappa shape index (κ3) is 3.27. The number of halogens is 2. The summed E-state index contributed by atoms with van der Waals surface area (Å²) in [6, 6.07) is 3.51. The predicted molar refractivity (Wildman–Crippen MR) is 66.1 cm³/mol. The molecular weight excluding hydrogens is 236 g/mol. The molecule has 0 spiro atoms. The minimum atomic E-state index is -0.562. The molecule has 1 aromatic rings. The standard InChI is InChI=1S/C14H19F2NO/c15-12-6-11(7-13(16)8-12)9-17-14(10-18)4-2-1-3-5-14/h6-8,17-18H,1-5,9-10H2. The summed E-state index contributed by atoms with van der Waals surface area (Å²) in [5, 5.41) is 12.8. The van der Waals surface area contributed by atoms with E-state index < -0.39 is 11.6 Å². The topological polar surface area (TPSA) is 32.3 Å². The highest BCUT2D eigenvalue weighted by atomic mass is 19.1. The molecule has 0 atom stereocenters. The van der Waals surface area contributed by atoms with Gasteiger partial charge in [0.05, 0.1) is 6.61 Å². The first kappa shape index (κ1) is 13.4. The van der Waals surface area contributed by atoms with Crippen LogP contribution in [0.1, 0.15) is 37.7 Å². The fourth-order valence-corrected chi connectivity index (χ4v) is 2.62. The van der Waals surface area contributed by atoms with E-state index in [4.69, 9.17) is 0 Å². The Bertz CT molecular complexity index is 383. The maximum absolute atomic E-state index is 13.1. The van der Waals surface area contributed by atoms with Crippen LogP contribution in [-0.4, -0.2) is 17.3 Å². The summed E-state index contributed by atoms with van der Waals surface area (Å²) < 4.78 is 26.1. The molecule has 1 aliphatic carbocycles. The van der Waals surface area contributed by atoms with Crippen molar-refractivity contribution in [3.8, 4) is 0 Å². The van der Waals surface area contributed by atoms with Gasteiger partial charge in [-0.3, -0.25) is 0 Å². The molecule has 1 aromatic carbocycles. The Morgan fingerprint density at radius 2 is 1.67 bits per heavy atom. The Kier molecular flexibility index (Phi) is 4.30. The molecule has 1 fully saturated rings. The Morgan fingerprint density at radius 1 is 1.06 bits per heavy atom. The second kappa shape index (κ2) is 5.76. The van der Waals surface area contributed by atoms with E-state index in [0.717, 1.165) is 31.7 Å². The molecule has 0 aromatic heterocycles. The zero-order chi connectivity index (χ0) is 13.0. The number of hydrogen-bond acceptors (Lipinski definition) is 2. The molecule has 4 heteroatoms. The van der Waals surface area contributed by atoms with Gasteiger partial charge in [0, 0.05) is 18.2 Å². The molecule has 2 nitrogen and oxygen atoms in total. The van der Waals surface area contributed by atoms with E-state index in [-0.39, 0.29) is 12.1 Å². The summed E-state index contributed by atoms with van der Waals surface area (Å²) in [5.41, 5.74) is 0.298. The van der Waals surface area contributed by atoms with Crippen LogP contribution in [0.15, 0.2) is 18.2 Å². The number of aliphatic hydroxyl groups excluding tert-OH is 1. The van der Waals surface area contributed by atoms with Gasteiger partial charge < -0.3 is 10.4 Å². The van der Waals surface area contributed by atoms with Gasteiger partial charge in [-0.2, -0.15) is 0 Å².